The third kappa shape index (κ3) is 5.68. The number of methoxy groups -OCH3 is 1. The minimum absolute atomic E-state index is 0.0318. The molecule has 0 saturated carbocycles. The van der Waals surface area contributed by atoms with Gasteiger partial charge in [-0.2, -0.15) is 0 Å². The van der Waals surface area contributed by atoms with E-state index in [2.05, 4.69) is 9.62 Å². The summed E-state index contributed by atoms with van der Waals surface area (Å²) in [7, 11) is -5.06. The Morgan fingerprint density at radius 2 is 1.93 bits per heavy atom. The zero-order chi connectivity index (χ0) is 20.2. The van der Waals surface area contributed by atoms with Gasteiger partial charge in [0.25, 0.3) is 0 Å². The smallest absolute Gasteiger partial charge is 0.211 e. The molecule has 158 valence electrons. The maximum Gasteiger partial charge on any atom is 0.211 e. The molecule has 0 bridgehead atoms. The van der Waals surface area contributed by atoms with Crippen LogP contribution in [0.15, 0.2) is 24.3 Å². The molecule has 2 heterocycles. The number of likely N-dealkylation sites (tertiary alicyclic amines) is 1. The molecule has 7 nitrogen and oxygen atoms in total. The first-order valence-corrected chi connectivity index (χ1v) is 13.3. The van der Waals surface area contributed by atoms with Crippen molar-refractivity contribution in [2.75, 3.05) is 44.0 Å². The Kier molecular flexibility index (Phi) is 7.01. The molecule has 1 N–H and O–H groups in total. The number of benzene rings is 1. The lowest BCUT2D eigenvalue weighted by Gasteiger charge is -2.29. The summed E-state index contributed by atoms with van der Waals surface area (Å²) < 4.78 is 57.2. The summed E-state index contributed by atoms with van der Waals surface area (Å²) in [5.74, 6) is 0.424. The zero-order valence-electron chi connectivity index (χ0n) is 16.3. The monoisotopic (exact) mass is 430 g/mol. The molecule has 0 amide bonds. The van der Waals surface area contributed by atoms with Crippen molar-refractivity contribution in [2.24, 2.45) is 5.92 Å². The fraction of sp³-hybridized carbons (Fsp3) is 0.684. The Balaban J connectivity index is 1.70. The standard InChI is InChI=1S/C19H30N2O5S2/c1-26-19-9-3-2-8-17(19)18(21-10-4-5-11-21)13-20-28(24,25)15-16-7-6-12-27(22,23)14-16/h2-3,8-9,16,18,20H,4-7,10-15H2,1H3/t16-,18-/m1/s1. The summed E-state index contributed by atoms with van der Waals surface area (Å²) in [6, 6.07) is 7.59. The number of hydrogen-bond acceptors (Lipinski definition) is 6. The summed E-state index contributed by atoms with van der Waals surface area (Å²) in [6.07, 6.45) is 3.37. The van der Waals surface area contributed by atoms with Crippen molar-refractivity contribution in [3.05, 3.63) is 29.8 Å². The lowest BCUT2D eigenvalue weighted by molar-refractivity contribution is 0.240. The van der Waals surface area contributed by atoms with E-state index in [1.807, 2.05) is 24.3 Å². The van der Waals surface area contributed by atoms with Crippen LogP contribution < -0.4 is 9.46 Å². The van der Waals surface area contributed by atoms with Crippen LogP contribution in [0, 0.1) is 5.92 Å². The SMILES string of the molecule is COc1ccccc1[C@@H](CNS(=O)(=O)C[C@@H]1CCCS(=O)(=O)C1)N1CCCC1. The second kappa shape index (κ2) is 9.11. The molecule has 0 radical (unpaired) electrons. The molecule has 0 unspecified atom stereocenters. The largest absolute Gasteiger partial charge is 0.496 e. The van der Waals surface area contributed by atoms with E-state index < -0.39 is 19.9 Å². The van der Waals surface area contributed by atoms with Crippen molar-refractivity contribution in [1.29, 1.82) is 0 Å². The predicted molar refractivity (Wildman–Crippen MR) is 110 cm³/mol. The molecule has 3 rings (SSSR count). The number of nitrogens with zero attached hydrogens (tertiary/aromatic N) is 1. The second-order valence-electron chi connectivity index (χ2n) is 7.75. The molecule has 0 spiro atoms. The summed E-state index contributed by atoms with van der Waals surface area (Å²) in [5, 5.41) is 0. The Bertz CT molecular complexity index is 864. The number of para-hydroxylation sites is 1. The molecule has 28 heavy (non-hydrogen) atoms. The van der Waals surface area contributed by atoms with Crippen molar-refractivity contribution >= 4 is 19.9 Å². The molecule has 0 aliphatic carbocycles. The van der Waals surface area contributed by atoms with Crippen LogP contribution in [0.2, 0.25) is 0 Å². The molecule has 2 fully saturated rings. The zero-order valence-corrected chi connectivity index (χ0v) is 18.0. The van der Waals surface area contributed by atoms with Gasteiger partial charge >= 0.3 is 0 Å². The highest BCUT2D eigenvalue weighted by Crippen LogP contribution is 2.31. The average molecular weight is 431 g/mol. The maximum absolute atomic E-state index is 12.7. The van der Waals surface area contributed by atoms with Gasteiger partial charge in [-0.1, -0.05) is 18.2 Å². The third-order valence-electron chi connectivity index (χ3n) is 5.59. The predicted octanol–water partition coefficient (Wildman–Crippen LogP) is 1.58. The number of sulfone groups is 1. The van der Waals surface area contributed by atoms with Crippen molar-refractivity contribution in [3.63, 3.8) is 0 Å². The highest BCUT2D eigenvalue weighted by molar-refractivity contribution is 7.91. The van der Waals surface area contributed by atoms with Gasteiger partial charge in [0, 0.05) is 12.1 Å². The van der Waals surface area contributed by atoms with E-state index in [4.69, 9.17) is 4.74 Å². The number of hydrogen-bond donors (Lipinski definition) is 1. The fourth-order valence-electron chi connectivity index (χ4n) is 4.26. The van der Waals surface area contributed by atoms with E-state index in [9.17, 15) is 16.8 Å². The van der Waals surface area contributed by atoms with Gasteiger partial charge in [-0.3, -0.25) is 4.90 Å². The van der Waals surface area contributed by atoms with Crippen molar-refractivity contribution < 1.29 is 21.6 Å². The van der Waals surface area contributed by atoms with Crippen LogP contribution in [0.1, 0.15) is 37.3 Å². The summed E-state index contributed by atoms with van der Waals surface area (Å²) in [5.41, 5.74) is 0.967. The van der Waals surface area contributed by atoms with Crippen molar-refractivity contribution in [3.8, 4) is 5.75 Å². The van der Waals surface area contributed by atoms with Gasteiger partial charge in [-0.05, 0) is 50.8 Å². The maximum atomic E-state index is 12.7. The lowest BCUT2D eigenvalue weighted by atomic mass is 10.0. The highest BCUT2D eigenvalue weighted by atomic mass is 32.2. The normalized spacial score (nSPS) is 24.1. The molecule has 1 aromatic rings. The van der Waals surface area contributed by atoms with Crippen LogP contribution in [-0.4, -0.2) is 65.7 Å². The molecule has 2 aliphatic heterocycles. The van der Waals surface area contributed by atoms with Crippen molar-refractivity contribution in [1.82, 2.24) is 9.62 Å². The Morgan fingerprint density at radius 3 is 2.61 bits per heavy atom. The first-order chi connectivity index (χ1) is 13.3. The fourth-order valence-corrected chi connectivity index (χ4v) is 7.61. The van der Waals surface area contributed by atoms with Gasteiger partial charge in [-0.15, -0.1) is 0 Å². The van der Waals surface area contributed by atoms with E-state index >= 15 is 0 Å². The summed E-state index contributed by atoms with van der Waals surface area (Å²) in [6.45, 7) is 2.10. The van der Waals surface area contributed by atoms with Crippen LogP contribution in [0.3, 0.4) is 0 Å². The van der Waals surface area contributed by atoms with Gasteiger partial charge < -0.3 is 4.74 Å². The molecule has 0 aromatic heterocycles. The molecule has 9 heteroatoms. The van der Waals surface area contributed by atoms with E-state index in [0.717, 1.165) is 37.2 Å². The molecule has 1 aromatic carbocycles. The number of ether oxygens (including phenoxy) is 1. The Morgan fingerprint density at radius 1 is 1.21 bits per heavy atom. The van der Waals surface area contributed by atoms with Crippen LogP contribution in [0.5, 0.6) is 5.75 Å². The first kappa shape index (κ1) is 21.5. The molecule has 2 atom stereocenters. The Labute approximate surface area is 168 Å². The van der Waals surface area contributed by atoms with E-state index in [1.54, 1.807) is 7.11 Å². The van der Waals surface area contributed by atoms with Crippen LogP contribution >= 0.6 is 0 Å². The van der Waals surface area contributed by atoms with Gasteiger partial charge in [0.15, 0.2) is 9.84 Å². The highest BCUT2D eigenvalue weighted by Gasteiger charge is 2.31. The van der Waals surface area contributed by atoms with Crippen molar-refractivity contribution in [2.45, 2.75) is 31.7 Å². The first-order valence-electron chi connectivity index (χ1n) is 9.84. The lowest BCUT2D eigenvalue weighted by Crippen LogP contribution is -2.40. The van der Waals surface area contributed by atoms with Gasteiger partial charge in [0.2, 0.25) is 10.0 Å². The number of nitrogens with one attached hydrogen (secondary N) is 1. The summed E-state index contributed by atoms with van der Waals surface area (Å²) in [4.78, 5) is 2.28. The van der Waals surface area contributed by atoms with Gasteiger partial charge in [0.05, 0.1) is 30.4 Å². The van der Waals surface area contributed by atoms with E-state index in [1.165, 1.54) is 0 Å². The van der Waals surface area contributed by atoms with E-state index in [-0.39, 0.29) is 35.8 Å². The number of rotatable bonds is 8. The molecule has 2 aliphatic rings. The quantitative estimate of drug-likeness (QED) is 0.673. The van der Waals surface area contributed by atoms with E-state index in [0.29, 0.717) is 12.8 Å². The Hall–Kier alpha value is -1.16. The van der Waals surface area contributed by atoms with Gasteiger partial charge in [0.1, 0.15) is 5.75 Å². The molecular formula is C19H30N2O5S2. The van der Waals surface area contributed by atoms with Crippen LogP contribution in [-0.2, 0) is 19.9 Å². The summed E-state index contributed by atoms with van der Waals surface area (Å²) >= 11 is 0. The average Bonchev–Trinajstić information content (AvgIpc) is 3.15. The molecular weight excluding hydrogens is 400 g/mol. The molecule has 2 saturated heterocycles. The third-order valence-corrected chi connectivity index (χ3v) is 9.00. The number of sulfonamides is 1. The second-order valence-corrected chi connectivity index (χ2v) is 11.8. The van der Waals surface area contributed by atoms with Gasteiger partial charge in [-0.25, -0.2) is 21.6 Å². The minimum Gasteiger partial charge on any atom is -0.496 e. The van der Waals surface area contributed by atoms with Crippen LogP contribution in [0.4, 0.5) is 0 Å². The topological polar surface area (TPSA) is 92.8 Å². The minimum atomic E-state index is -3.57. The van der Waals surface area contributed by atoms with Crippen LogP contribution in [0.25, 0.3) is 0 Å².